The van der Waals surface area contributed by atoms with Gasteiger partial charge in [0.1, 0.15) is 17.3 Å². The maximum Gasteiger partial charge on any atom is 0.196 e. The van der Waals surface area contributed by atoms with Crippen LogP contribution in [0.3, 0.4) is 0 Å². The second-order valence-electron chi connectivity index (χ2n) is 5.04. The SMILES string of the molecule is COc1cc(C(=O)c2ccc(F)cc2)c(OC)c2ccccc12. The molecule has 0 heterocycles. The summed E-state index contributed by atoms with van der Waals surface area (Å²) < 4.78 is 23.9. The van der Waals surface area contributed by atoms with Crippen molar-refractivity contribution >= 4 is 16.6 Å². The van der Waals surface area contributed by atoms with E-state index in [2.05, 4.69) is 0 Å². The molecule has 3 rings (SSSR count). The van der Waals surface area contributed by atoms with Crippen LogP contribution < -0.4 is 9.47 Å². The summed E-state index contributed by atoms with van der Waals surface area (Å²) in [5.74, 6) is 0.443. The number of carbonyl (C=O) groups excluding carboxylic acids is 1. The van der Waals surface area contributed by atoms with Crippen molar-refractivity contribution in [2.24, 2.45) is 0 Å². The Kier molecular flexibility index (Phi) is 3.98. The van der Waals surface area contributed by atoms with Crippen molar-refractivity contribution in [3.63, 3.8) is 0 Å². The van der Waals surface area contributed by atoms with Gasteiger partial charge in [-0.05, 0) is 30.3 Å². The number of halogens is 1. The van der Waals surface area contributed by atoms with Gasteiger partial charge in [-0.1, -0.05) is 24.3 Å². The van der Waals surface area contributed by atoms with Crippen molar-refractivity contribution in [1.82, 2.24) is 0 Å². The number of methoxy groups -OCH3 is 2. The summed E-state index contributed by atoms with van der Waals surface area (Å²) in [5, 5.41) is 1.65. The summed E-state index contributed by atoms with van der Waals surface area (Å²) >= 11 is 0. The van der Waals surface area contributed by atoms with Crippen LogP contribution in [0.1, 0.15) is 15.9 Å². The zero-order chi connectivity index (χ0) is 16.4. The average Bonchev–Trinajstić information content (AvgIpc) is 2.60. The van der Waals surface area contributed by atoms with Crippen molar-refractivity contribution in [2.45, 2.75) is 0 Å². The highest BCUT2D eigenvalue weighted by atomic mass is 19.1. The van der Waals surface area contributed by atoms with Crippen LogP contribution in [-0.4, -0.2) is 20.0 Å². The van der Waals surface area contributed by atoms with Gasteiger partial charge in [0, 0.05) is 16.3 Å². The minimum Gasteiger partial charge on any atom is -0.496 e. The summed E-state index contributed by atoms with van der Waals surface area (Å²) in [6.07, 6.45) is 0. The van der Waals surface area contributed by atoms with Gasteiger partial charge in [0.05, 0.1) is 19.8 Å². The number of rotatable bonds is 4. The zero-order valence-corrected chi connectivity index (χ0v) is 12.8. The van der Waals surface area contributed by atoms with Crippen molar-refractivity contribution in [3.8, 4) is 11.5 Å². The predicted octanol–water partition coefficient (Wildman–Crippen LogP) is 4.23. The third-order valence-electron chi connectivity index (χ3n) is 3.73. The summed E-state index contributed by atoms with van der Waals surface area (Å²) in [7, 11) is 3.08. The lowest BCUT2D eigenvalue weighted by atomic mass is 9.97. The second kappa shape index (κ2) is 6.08. The van der Waals surface area contributed by atoms with Crippen LogP contribution in [0.25, 0.3) is 10.8 Å². The highest BCUT2D eigenvalue weighted by molar-refractivity contribution is 6.14. The maximum atomic E-state index is 13.1. The Bertz CT molecular complexity index is 870. The van der Waals surface area contributed by atoms with E-state index in [9.17, 15) is 9.18 Å². The normalized spacial score (nSPS) is 10.6. The van der Waals surface area contributed by atoms with Crippen LogP contribution in [0.4, 0.5) is 4.39 Å². The van der Waals surface area contributed by atoms with E-state index in [1.165, 1.54) is 31.4 Å². The standard InChI is InChI=1S/C19H15FO3/c1-22-17-11-16(18(21)12-7-9-13(20)10-8-12)19(23-2)15-6-4-3-5-14(15)17/h3-11H,1-2H3. The molecule has 0 aromatic heterocycles. The van der Waals surface area contributed by atoms with Crippen LogP contribution in [0.2, 0.25) is 0 Å². The van der Waals surface area contributed by atoms with Crippen molar-refractivity contribution in [2.75, 3.05) is 14.2 Å². The van der Waals surface area contributed by atoms with Crippen molar-refractivity contribution < 1.29 is 18.7 Å². The Morgan fingerprint density at radius 2 is 1.57 bits per heavy atom. The van der Waals surface area contributed by atoms with E-state index in [1.54, 1.807) is 13.2 Å². The zero-order valence-electron chi connectivity index (χ0n) is 12.8. The van der Waals surface area contributed by atoms with E-state index >= 15 is 0 Å². The molecule has 0 aliphatic heterocycles. The van der Waals surface area contributed by atoms with Gasteiger partial charge in [-0.2, -0.15) is 0 Å². The molecule has 0 amide bonds. The van der Waals surface area contributed by atoms with Gasteiger partial charge in [-0.15, -0.1) is 0 Å². The van der Waals surface area contributed by atoms with Gasteiger partial charge < -0.3 is 9.47 Å². The number of ether oxygens (including phenoxy) is 2. The van der Waals surface area contributed by atoms with E-state index in [4.69, 9.17) is 9.47 Å². The first-order chi connectivity index (χ1) is 11.2. The molecule has 3 aromatic rings. The smallest absolute Gasteiger partial charge is 0.196 e. The molecule has 4 heteroatoms. The van der Waals surface area contributed by atoms with Gasteiger partial charge in [0.2, 0.25) is 0 Å². The van der Waals surface area contributed by atoms with Crippen LogP contribution in [0.15, 0.2) is 54.6 Å². The van der Waals surface area contributed by atoms with Gasteiger partial charge in [-0.3, -0.25) is 4.79 Å². The van der Waals surface area contributed by atoms with E-state index in [0.717, 1.165) is 10.8 Å². The third-order valence-corrected chi connectivity index (χ3v) is 3.73. The molecule has 0 bridgehead atoms. The van der Waals surface area contributed by atoms with Gasteiger partial charge in [0.15, 0.2) is 5.78 Å². The van der Waals surface area contributed by atoms with E-state index in [0.29, 0.717) is 22.6 Å². The van der Waals surface area contributed by atoms with Gasteiger partial charge in [-0.25, -0.2) is 4.39 Å². The first-order valence-corrected chi connectivity index (χ1v) is 7.09. The Balaban J connectivity index is 2.24. The number of fused-ring (bicyclic) bond motifs is 1. The summed E-state index contributed by atoms with van der Waals surface area (Å²) in [5.41, 5.74) is 0.775. The Morgan fingerprint density at radius 3 is 2.17 bits per heavy atom. The Morgan fingerprint density at radius 1 is 0.913 bits per heavy atom. The van der Waals surface area contributed by atoms with E-state index < -0.39 is 0 Å². The Labute approximate surface area is 133 Å². The molecule has 0 atom stereocenters. The fraction of sp³-hybridized carbons (Fsp3) is 0.105. The molecule has 3 aromatic carbocycles. The summed E-state index contributed by atoms with van der Waals surface area (Å²) in [6, 6.07) is 14.6. The van der Waals surface area contributed by atoms with Crippen LogP contribution in [0.5, 0.6) is 11.5 Å². The number of benzene rings is 3. The molecule has 0 saturated heterocycles. The number of hydrogen-bond acceptors (Lipinski definition) is 3. The molecule has 0 spiro atoms. The molecule has 0 N–H and O–H groups in total. The van der Waals surface area contributed by atoms with Crippen molar-refractivity contribution in [3.05, 3.63) is 71.5 Å². The first kappa shape index (κ1) is 15.0. The van der Waals surface area contributed by atoms with Crippen LogP contribution >= 0.6 is 0 Å². The molecule has 3 nitrogen and oxygen atoms in total. The van der Waals surface area contributed by atoms with Crippen molar-refractivity contribution in [1.29, 1.82) is 0 Å². The average molecular weight is 310 g/mol. The first-order valence-electron chi connectivity index (χ1n) is 7.09. The molecular formula is C19H15FO3. The molecule has 0 aliphatic carbocycles. The second-order valence-corrected chi connectivity index (χ2v) is 5.04. The minimum atomic E-state index is -0.385. The lowest BCUT2D eigenvalue weighted by Gasteiger charge is -2.14. The molecule has 0 fully saturated rings. The summed E-state index contributed by atoms with van der Waals surface area (Å²) in [4.78, 5) is 12.8. The van der Waals surface area contributed by atoms with Crippen LogP contribution in [-0.2, 0) is 0 Å². The fourth-order valence-electron chi connectivity index (χ4n) is 2.63. The number of ketones is 1. The molecule has 0 aliphatic rings. The molecule has 0 saturated carbocycles. The largest absolute Gasteiger partial charge is 0.496 e. The topological polar surface area (TPSA) is 35.5 Å². The quantitative estimate of drug-likeness (QED) is 0.677. The molecular weight excluding hydrogens is 295 g/mol. The third kappa shape index (κ3) is 2.63. The maximum absolute atomic E-state index is 13.1. The number of carbonyl (C=O) groups is 1. The lowest BCUT2D eigenvalue weighted by molar-refractivity contribution is 0.103. The van der Waals surface area contributed by atoms with Gasteiger partial charge in [0.25, 0.3) is 0 Å². The van der Waals surface area contributed by atoms with E-state index in [-0.39, 0.29) is 11.6 Å². The van der Waals surface area contributed by atoms with Gasteiger partial charge >= 0.3 is 0 Å². The molecule has 23 heavy (non-hydrogen) atoms. The Hall–Kier alpha value is -2.88. The van der Waals surface area contributed by atoms with E-state index in [1.807, 2.05) is 24.3 Å². The van der Waals surface area contributed by atoms with Crippen LogP contribution in [0, 0.1) is 5.82 Å². The monoisotopic (exact) mass is 310 g/mol. The highest BCUT2D eigenvalue weighted by Gasteiger charge is 2.20. The lowest BCUT2D eigenvalue weighted by Crippen LogP contribution is -2.05. The summed E-state index contributed by atoms with van der Waals surface area (Å²) in [6.45, 7) is 0. The number of hydrogen-bond donors (Lipinski definition) is 0. The highest BCUT2D eigenvalue weighted by Crippen LogP contribution is 2.37. The predicted molar refractivity (Wildman–Crippen MR) is 86.9 cm³/mol. The fourth-order valence-corrected chi connectivity index (χ4v) is 2.63. The molecule has 116 valence electrons. The minimum absolute atomic E-state index is 0.245. The molecule has 0 radical (unpaired) electrons. The molecule has 0 unspecified atom stereocenters.